The molecule has 2 aromatic heterocycles. The minimum absolute atomic E-state index is 0.721. The molecule has 6 nitrogen and oxygen atoms in total. The van der Waals surface area contributed by atoms with Gasteiger partial charge in [-0.1, -0.05) is 6.07 Å². The van der Waals surface area contributed by atoms with Gasteiger partial charge in [0.15, 0.2) is 17.3 Å². The maximum atomic E-state index is 5.67. The summed E-state index contributed by atoms with van der Waals surface area (Å²) in [6.45, 7) is 3.50. The zero-order valence-corrected chi connectivity index (χ0v) is 14.8. The molecular weight excluding hydrogens is 318 g/mol. The molecule has 0 spiro atoms. The van der Waals surface area contributed by atoms with Gasteiger partial charge in [-0.2, -0.15) is 5.10 Å². The molecule has 0 unspecified atom stereocenters. The molecule has 0 amide bonds. The highest BCUT2D eigenvalue weighted by Crippen LogP contribution is 2.27. The van der Waals surface area contributed by atoms with E-state index in [1.54, 1.807) is 14.2 Å². The summed E-state index contributed by atoms with van der Waals surface area (Å²) < 4.78 is 16.3. The number of rotatable bonds is 8. The van der Waals surface area contributed by atoms with Crippen molar-refractivity contribution in [1.82, 2.24) is 15.5 Å². The lowest BCUT2D eigenvalue weighted by atomic mass is 10.1. The fourth-order valence-corrected chi connectivity index (χ4v) is 2.72. The molecule has 6 heteroatoms. The lowest BCUT2D eigenvalue weighted by molar-refractivity contribution is 0.354. The minimum Gasteiger partial charge on any atom is -0.493 e. The van der Waals surface area contributed by atoms with Crippen LogP contribution >= 0.6 is 0 Å². The molecule has 0 aliphatic carbocycles. The summed E-state index contributed by atoms with van der Waals surface area (Å²) in [7, 11) is 3.29. The Morgan fingerprint density at radius 2 is 1.96 bits per heavy atom. The van der Waals surface area contributed by atoms with Crippen LogP contribution in [-0.2, 0) is 13.0 Å². The van der Waals surface area contributed by atoms with Gasteiger partial charge >= 0.3 is 0 Å². The quantitative estimate of drug-likeness (QED) is 0.615. The number of H-pyrrole nitrogens is 1. The second-order valence-electron chi connectivity index (χ2n) is 5.80. The minimum atomic E-state index is 0.721. The second kappa shape index (κ2) is 7.90. The Kier molecular flexibility index (Phi) is 5.40. The molecule has 0 bridgehead atoms. The van der Waals surface area contributed by atoms with Crippen LogP contribution in [0.5, 0.6) is 11.5 Å². The van der Waals surface area contributed by atoms with Gasteiger partial charge in [-0.25, -0.2) is 0 Å². The van der Waals surface area contributed by atoms with E-state index in [0.29, 0.717) is 0 Å². The highest BCUT2D eigenvalue weighted by molar-refractivity contribution is 5.56. The van der Waals surface area contributed by atoms with Crippen LogP contribution in [0.3, 0.4) is 0 Å². The van der Waals surface area contributed by atoms with E-state index in [0.717, 1.165) is 53.8 Å². The molecule has 2 heterocycles. The number of methoxy groups -OCH3 is 2. The fraction of sp³-hybridized carbons (Fsp3) is 0.316. The zero-order chi connectivity index (χ0) is 17.6. The highest BCUT2D eigenvalue weighted by Gasteiger charge is 2.11. The van der Waals surface area contributed by atoms with Gasteiger partial charge in [0.05, 0.1) is 20.4 Å². The first-order chi connectivity index (χ1) is 12.2. The third kappa shape index (κ3) is 4.03. The Hall–Kier alpha value is -2.73. The Bertz CT molecular complexity index is 823. The van der Waals surface area contributed by atoms with E-state index in [2.05, 4.69) is 21.6 Å². The van der Waals surface area contributed by atoms with Crippen LogP contribution in [0, 0.1) is 6.92 Å². The molecule has 3 aromatic rings. The Labute approximate surface area is 147 Å². The first-order valence-electron chi connectivity index (χ1n) is 8.22. The van der Waals surface area contributed by atoms with Crippen LogP contribution in [0.15, 0.2) is 40.9 Å². The SMILES string of the molecule is COc1ccc(CCNCc2cn[nH]c2-c2ccc(C)o2)cc1OC. The number of nitrogens with zero attached hydrogens (tertiary/aromatic N) is 1. The molecule has 0 aliphatic heterocycles. The normalized spacial score (nSPS) is 10.8. The van der Waals surface area contributed by atoms with Crippen molar-refractivity contribution in [2.45, 2.75) is 19.9 Å². The van der Waals surface area contributed by atoms with Crippen LogP contribution in [0.1, 0.15) is 16.9 Å². The Morgan fingerprint density at radius 3 is 2.68 bits per heavy atom. The molecule has 0 aliphatic rings. The van der Waals surface area contributed by atoms with Gasteiger partial charge in [0.25, 0.3) is 0 Å². The summed E-state index contributed by atoms with van der Waals surface area (Å²) in [5, 5.41) is 10.6. The fourth-order valence-electron chi connectivity index (χ4n) is 2.72. The van der Waals surface area contributed by atoms with Crippen LogP contribution in [-0.4, -0.2) is 31.0 Å². The van der Waals surface area contributed by atoms with E-state index in [1.807, 2.05) is 37.4 Å². The average Bonchev–Trinajstić information content (AvgIpc) is 3.27. The van der Waals surface area contributed by atoms with Crippen molar-refractivity contribution >= 4 is 0 Å². The molecule has 0 fully saturated rings. The predicted molar refractivity (Wildman–Crippen MR) is 96.0 cm³/mol. The maximum Gasteiger partial charge on any atom is 0.160 e. The summed E-state index contributed by atoms with van der Waals surface area (Å²) in [6, 6.07) is 9.90. The van der Waals surface area contributed by atoms with Gasteiger partial charge in [-0.15, -0.1) is 0 Å². The molecule has 3 rings (SSSR count). The molecule has 0 saturated carbocycles. The van der Waals surface area contributed by atoms with Crippen molar-refractivity contribution in [2.75, 3.05) is 20.8 Å². The second-order valence-corrected chi connectivity index (χ2v) is 5.80. The van der Waals surface area contributed by atoms with Crippen molar-refractivity contribution in [1.29, 1.82) is 0 Å². The van der Waals surface area contributed by atoms with Crippen molar-refractivity contribution in [3.05, 3.63) is 53.4 Å². The van der Waals surface area contributed by atoms with Gasteiger partial charge in [0.2, 0.25) is 0 Å². The van der Waals surface area contributed by atoms with Crippen LogP contribution < -0.4 is 14.8 Å². The lowest BCUT2D eigenvalue weighted by Gasteiger charge is -2.10. The predicted octanol–water partition coefficient (Wildman–Crippen LogP) is 3.33. The first kappa shape index (κ1) is 17.1. The first-order valence-corrected chi connectivity index (χ1v) is 8.22. The smallest absolute Gasteiger partial charge is 0.160 e. The third-order valence-electron chi connectivity index (χ3n) is 4.06. The molecule has 0 atom stereocenters. The summed E-state index contributed by atoms with van der Waals surface area (Å²) in [6.07, 6.45) is 2.73. The average molecular weight is 341 g/mol. The van der Waals surface area contributed by atoms with Crippen LogP contribution in [0.2, 0.25) is 0 Å². The van der Waals surface area contributed by atoms with E-state index in [1.165, 1.54) is 5.56 Å². The summed E-state index contributed by atoms with van der Waals surface area (Å²) >= 11 is 0. The number of hydrogen-bond acceptors (Lipinski definition) is 5. The Balaban J connectivity index is 1.55. The molecule has 0 saturated heterocycles. The van der Waals surface area contributed by atoms with Crippen molar-refractivity contribution in [3.63, 3.8) is 0 Å². The third-order valence-corrected chi connectivity index (χ3v) is 4.06. The largest absolute Gasteiger partial charge is 0.493 e. The van der Waals surface area contributed by atoms with E-state index in [4.69, 9.17) is 13.9 Å². The van der Waals surface area contributed by atoms with E-state index >= 15 is 0 Å². The van der Waals surface area contributed by atoms with E-state index < -0.39 is 0 Å². The van der Waals surface area contributed by atoms with Gasteiger partial charge in [-0.05, 0) is 49.7 Å². The zero-order valence-electron chi connectivity index (χ0n) is 14.8. The summed E-state index contributed by atoms with van der Waals surface area (Å²) in [5.74, 6) is 3.20. The number of aromatic nitrogens is 2. The number of ether oxygens (including phenoxy) is 2. The van der Waals surface area contributed by atoms with Crippen molar-refractivity contribution < 1.29 is 13.9 Å². The van der Waals surface area contributed by atoms with E-state index in [-0.39, 0.29) is 0 Å². The lowest BCUT2D eigenvalue weighted by Crippen LogP contribution is -2.16. The van der Waals surface area contributed by atoms with Crippen LogP contribution in [0.25, 0.3) is 11.5 Å². The number of benzene rings is 1. The van der Waals surface area contributed by atoms with Gasteiger partial charge in [0, 0.05) is 12.1 Å². The summed E-state index contributed by atoms with van der Waals surface area (Å²) in [5.41, 5.74) is 3.20. The topological polar surface area (TPSA) is 72.3 Å². The standard InChI is InChI=1S/C19H23N3O3/c1-13-4-6-17(25-13)19-15(12-21-22-19)11-20-9-8-14-5-7-16(23-2)18(10-14)24-3/h4-7,10,12,20H,8-9,11H2,1-3H3,(H,21,22). The molecule has 1 aromatic carbocycles. The molecular formula is C19H23N3O3. The Morgan fingerprint density at radius 1 is 1.12 bits per heavy atom. The number of aromatic amines is 1. The van der Waals surface area contributed by atoms with Crippen LogP contribution in [0.4, 0.5) is 0 Å². The molecule has 0 radical (unpaired) electrons. The van der Waals surface area contributed by atoms with Crippen molar-refractivity contribution in [2.24, 2.45) is 0 Å². The van der Waals surface area contributed by atoms with Gasteiger partial charge < -0.3 is 19.2 Å². The maximum absolute atomic E-state index is 5.67. The molecule has 132 valence electrons. The summed E-state index contributed by atoms with van der Waals surface area (Å²) in [4.78, 5) is 0. The number of hydrogen-bond donors (Lipinski definition) is 2. The molecule has 25 heavy (non-hydrogen) atoms. The van der Waals surface area contributed by atoms with E-state index in [9.17, 15) is 0 Å². The number of aryl methyl sites for hydroxylation is 1. The highest BCUT2D eigenvalue weighted by atomic mass is 16.5. The number of nitrogens with one attached hydrogen (secondary N) is 2. The van der Waals surface area contributed by atoms with Gasteiger partial charge in [-0.3, -0.25) is 5.10 Å². The number of furan rings is 1. The van der Waals surface area contributed by atoms with Gasteiger partial charge in [0.1, 0.15) is 11.5 Å². The van der Waals surface area contributed by atoms with Crippen molar-refractivity contribution in [3.8, 4) is 23.0 Å². The molecule has 2 N–H and O–H groups in total. The monoisotopic (exact) mass is 341 g/mol.